The van der Waals surface area contributed by atoms with E-state index in [4.69, 9.17) is 4.74 Å². The molecular formula is C19H17F4N3O. The van der Waals surface area contributed by atoms with Gasteiger partial charge in [-0.25, -0.2) is 4.39 Å². The van der Waals surface area contributed by atoms with Crippen LogP contribution < -0.4 is 4.90 Å². The lowest BCUT2D eigenvalue weighted by Gasteiger charge is -2.35. The van der Waals surface area contributed by atoms with Crippen molar-refractivity contribution >= 4 is 5.69 Å². The molecule has 0 saturated carbocycles. The summed E-state index contributed by atoms with van der Waals surface area (Å²) in [5.41, 5.74) is 2.28. The molecule has 4 nitrogen and oxygen atoms in total. The molecule has 0 radical (unpaired) electrons. The summed E-state index contributed by atoms with van der Waals surface area (Å²) >= 11 is 0. The maximum absolute atomic E-state index is 14.9. The molecule has 1 atom stereocenters. The van der Waals surface area contributed by atoms with Crippen LogP contribution >= 0.6 is 0 Å². The minimum atomic E-state index is -4.50. The molecule has 1 aliphatic heterocycles. The van der Waals surface area contributed by atoms with E-state index in [-0.39, 0.29) is 30.0 Å². The minimum absolute atomic E-state index is 0.0602. The van der Waals surface area contributed by atoms with Crippen molar-refractivity contribution in [2.75, 3.05) is 24.6 Å². The fourth-order valence-corrected chi connectivity index (χ4v) is 3.22. The number of hydrogen-bond acceptors (Lipinski definition) is 4. The molecule has 0 aliphatic carbocycles. The predicted octanol–water partition coefficient (Wildman–Crippen LogP) is 4.14. The van der Waals surface area contributed by atoms with Gasteiger partial charge < -0.3 is 9.64 Å². The van der Waals surface area contributed by atoms with Crippen molar-refractivity contribution in [1.29, 1.82) is 5.26 Å². The van der Waals surface area contributed by atoms with E-state index in [1.54, 1.807) is 26.0 Å². The largest absolute Gasteiger partial charge is 0.416 e. The number of anilines is 1. The fraction of sp³-hybridized carbons (Fsp3) is 0.368. The molecule has 1 aromatic carbocycles. The Balaban J connectivity index is 2.01. The monoisotopic (exact) mass is 379 g/mol. The normalized spacial score (nSPS) is 17.7. The van der Waals surface area contributed by atoms with E-state index in [9.17, 15) is 22.8 Å². The molecule has 142 valence electrons. The van der Waals surface area contributed by atoms with Crippen molar-refractivity contribution in [1.82, 2.24) is 4.98 Å². The van der Waals surface area contributed by atoms with Gasteiger partial charge in [0, 0.05) is 29.2 Å². The number of halogens is 4. The Labute approximate surface area is 154 Å². The summed E-state index contributed by atoms with van der Waals surface area (Å²) < 4.78 is 58.4. The molecule has 1 aromatic heterocycles. The van der Waals surface area contributed by atoms with E-state index in [0.29, 0.717) is 17.0 Å². The SMILES string of the molecule is Cc1cc(-c2c(F)cc(N3CCO[C@H](C(F)(F)F)C3)cc2C#N)cc(C)n1. The predicted molar refractivity (Wildman–Crippen MR) is 91.8 cm³/mol. The molecule has 0 spiro atoms. The van der Waals surface area contributed by atoms with Gasteiger partial charge in [-0.15, -0.1) is 0 Å². The number of pyridine rings is 1. The van der Waals surface area contributed by atoms with Crippen molar-refractivity contribution in [3.63, 3.8) is 0 Å². The van der Waals surface area contributed by atoms with Gasteiger partial charge in [-0.3, -0.25) is 4.98 Å². The van der Waals surface area contributed by atoms with Crippen molar-refractivity contribution in [3.8, 4) is 17.2 Å². The summed E-state index contributed by atoms with van der Waals surface area (Å²) in [4.78, 5) is 5.62. The van der Waals surface area contributed by atoms with Gasteiger partial charge in [-0.1, -0.05) is 0 Å². The van der Waals surface area contributed by atoms with Crippen LogP contribution in [0.25, 0.3) is 11.1 Å². The molecule has 1 saturated heterocycles. The molecule has 8 heteroatoms. The summed E-state index contributed by atoms with van der Waals surface area (Å²) in [6, 6.07) is 7.87. The van der Waals surface area contributed by atoms with E-state index in [0.717, 1.165) is 0 Å². The molecule has 0 bridgehead atoms. The van der Waals surface area contributed by atoms with Crippen LogP contribution in [0.5, 0.6) is 0 Å². The lowest BCUT2D eigenvalue weighted by Crippen LogP contribution is -2.49. The first-order chi connectivity index (χ1) is 12.7. The van der Waals surface area contributed by atoms with Gasteiger partial charge in [0.25, 0.3) is 0 Å². The lowest BCUT2D eigenvalue weighted by atomic mass is 9.98. The van der Waals surface area contributed by atoms with Crippen molar-refractivity contribution in [2.24, 2.45) is 0 Å². The van der Waals surface area contributed by atoms with E-state index in [1.807, 2.05) is 6.07 Å². The second-order valence-corrected chi connectivity index (χ2v) is 6.45. The third kappa shape index (κ3) is 4.03. The Morgan fingerprint density at radius 3 is 2.44 bits per heavy atom. The molecule has 0 amide bonds. The summed E-state index contributed by atoms with van der Waals surface area (Å²) in [5, 5.41) is 9.49. The first-order valence-corrected chi connectivity index (χ1v) is 8.31. The van der Waals surface area contributed by atoms with Gasteiger partial charge in [-0.2, -0.15) is 18.4 Å². The quantitative estimate of drug-likeness (QED) is 0.736. The zero-order valence-corrected chi connectivity index (χ0v) is 14.8. The second kappa shape index (κ2) is 7.16. The maximum atomic E-state index is 14.9. The molecule has 1 fully saturated rings. The van der Waals surface area contributed by atoms with Crippen molar-refractivity contribution in [2.45, 2.75) is 26.1 Å². The van der Waals surface area contributed by atoms with Gasteiger partial charge >= 0.3 is 6.18 Å². The van der Waals surface area contributed by atoms with E-state index < -0.39 is 24.6 Å². The van der Waals surface area contributed by atoms with Crippen LogP contribution in [-0.2, 0) is 4.74 Å². The number of nitriles is 1. The summed E-state index contributed by atoms with van der Waals surface area (Å²) in [6.07, 6.45) is -6.44. The van der Waals surface area contributed by atoms with Gasteiger partial charge in [0.2, 0.25) is 0 Å². The zero-order valence-electron chi connectivity index (χ0n) is 14.8. The Kier molecular flexibility index (Phi) is 5.07. The van der Waals surface area contributed by atoms with Crippen LogP contribution in [0, 0.1) is 31.0 Å². The number of aryl methyl sites for hydroxylation is 2. The summed E-state index contributed by atoms with van der Waals surface area (Å²) in [7, 11) is 0. The van der Waals surface area contributed by atoms with Gasteiger partial charge in [0.15, 0.2) is 6.10 Å². The number of benzene rings is 1. The highest BCUT2D eigenvalue weighted by Gasteiger charge is 2.43. The topological polar surface area (TPSA) is 49.1 Å². The smallest absolute Gasteiger partial charge is 0.366 e. The molecule has 27 heavy (non-hydrogen) atoms. The van der Waals surface area contributed by atoms with E-state index >= 15 is 0 Å². The third-order valence-corrected chi connectivity index (χ3v) is 4.36. The van der Waals surface area contributed by atoms with Crippen molar-refractivity contribution in [3.05, 3.63) is 47.0 Å². The number of aromatic nitrogens is 1. The van der Waals surface area contributed by atoms with Crippen LogP contribution in [0.15, 0.2) is 24.3 Å². The van der Waals surface area contributed by atoms with Crippen LogP contribution in [-0.4, -0.2) is 37.0 Å². The minimum Gasteiger partial charge on any atom is -0.366 e. The van der Waals surface area contributed by atoms with Gasteiger partial charge in [0.1, 0.15) is 5.82 Å². The molecule has 3 rings (SSSR count). The Bertz CT molecular complexity index is 885. The highest BCUT2D eigenvalue weighted by Crippen LogP contribution is 2.33. The molecule has 2 heterocycles. The van der Waals surface area contributed by atoms with Crippen LogP contribution in [0.4, 0.5) is 23.2 Å². The summed E-state index contributed by atoms with van der Waals surface area (Å²) in [6.45, 7) is 3.14. The standard InChI is InChI=1S/C19H17F4N3O/c1-11-5-13(6-12(2)25-11)18-14(9-24)7-15(8-16(18)20)26-3-4-27-17(10-26)19(21,22)23/h5-8,17H,3-4,10H2,1-2H3/t17-/m0/s1. The Morgan fingerprint density at radius 2 is 1.85 bits per heavy atom. The maximum Gasteiger partial charge on any atom is 0.416 e. The average Bonchev–Trinajstić information content (AvgIpc) is 2.59. The van der Waals surface area contributed by atoms with Crippen molar-refractivity contribution < 1.29 is 22.3 Å². The molecule has 0 unspecified atom stereocenters. The number of nitrogens with zero attached hydrogens (tertiary/aromatic N) is 3. The summed E-state index contributed by atoms with van der Waals surface area (Å²) in [5.74, 6) is -0.663. The molecular weight excluding hydrogens is 362 g/mol. The van der Waals surface area contributed by atoms with Crippen LogP contribution in [0.1, 0.15) is 17.0 Å². The number of alkyl halides is 3. The molecule has 2 aromatic rings. The van der Waals surface area contributed by atoms with E-state index in [1.165, 1.54) is 17.0 Å². The number of hydrogen-bond donors (Lipinski definition) is 0. The van der Waals surface area contributed by atoms with Gasteiger partial charge in [-0.05, 0) is 43.7 Å². The van der Waals surface area contributed by atoms with Gasteiger partial charge in [0.05, 0.1) is 24.8 Å². The lowest BCUT2D eigenvalue weighted by molar-refractivity contribution is -0.221. The fourth-order valence-electron chi connectivity index (χ4n) is 3.22. The highest BCUT2D eigenvalue weighted by molar-refractivity contribution is 5.75. The zero-order chi connectivity index (χ0) is 19.8. The van der Waals surface area contributed by atoms with Crippen LogP contribution in [0.2, 0.25) is 0 Å². The number of ether oxygens (including phenoxy) is 1. The highest BCUT2D eigenvalue weighted by atomic mass is 19.4. The Morgan fingerprint density at radius 1 is 1.19 bits per heavy atom. The molecule has 1 aliphatic rings. The number of rotatable bonds is 2. The first kappa shape index (κ1) is 19.1. The first-order valence-electron chi connectivity index (χ1n) is 8.31. The average molecular weight is 379 g/mol. The number of morpholine rings is 1. The van der Waals surface area contributed by atoms with Crippen LogP contribution in [0.3, 0.4) is 0 Å². The second-order valence-electron chi connectivity index (χ2n) is 6.45. The van der Waals surface area contributed by atoms with E-state index in [2.05, 4.69) is 4.98 Å². The third-order valence-electron chi connectivity index (χ3n) is 4.36. The molecule has 0 N–H and O–H groups in total. The Hall–Kier alpha value is -2.66.